The first kappa shape index (κ1) is 15.9. The molecule has 116 valence electrons. The van der Waals surface area contributed by atoms with Crippen molar-refractivity contribution in [2.24, 2.45) is 0 Å². The number of Topliss-reactive ketones (excluding diaryl/α,β-unsaturated/α-hetero) is 1. The third-order valence-electron chi connectivity index (χ3n) is 3.57. The summed E-state index contributed by atoms with van der Waals surface area (Å²) < 4.78 is 18.9. The van der Waals surface area contributed by atoms with E-state index in [1.807, 2.05) is 6.92 Å². The summed E-state index contributed by atoms with van der Waals surface area (Å²) in [5.74, 6) is 0.0343. The molecule has 0 aromatic heterocycles. The number of ether oxygens (including phenoxy) is 1. The van der Waals surface area contributed by atoms with Crippen LogP contribution < -0.4 is 10.1 Å². The zero-order valence-corrected chi connectivity index (χ0v) is 12.5. The number of ketones is 1. The Balaban J connectivity index is 1.97. The molecule has 0 amide bonds. The number of hydrogen-bond acceptors (Lipinski definition) is 4. The number of hydrogen-bond donors (Lipinski definition) is 1. The summed E-state index contributed by atoms with van der Waals surface area (Å²) in [5.41, 5.74) is 0.360. The van der Waals surface area contributed by atoms with Crippen LogP contribution in [-0.4, -0.2) is 50.0 Å². The van der Waals surface area contributed by atoms with Gasteiger partial charge >= 0.3 is 0 Å². The van der Waals surface area contributed by atoms with E-state index in [-0.39, 0.29) is 5.78 Å². The number of nitrogens with one attached hydrogen (secondary N) is 1. The fourth-order valence-electron chi connectivity index (χ4n) is 2.39. The Bertz CT molecular complexity index is 473. The smallest absolute Gasteiger partial charge is 0.167 e. The Kier molecular flexibility index (Phi) is 6.14. The monoisotopic (exact) mass is 294 g/mol. The highest BCUT2D eigenvalue weighted by Gasteiger charge is 2.16. The molecule has 0 atom stereocenters. The molecule has 21 heavy (non-hydrogen) atoms. The van der Waals surface area contributed by atoms with E-state index in [0.717, 1.165) is 32.6 Å². The van der Waals surface area contributed by atoms with E-state index in [1.165, 1.54) is 12.1 Å². The number of nitrogens with zero attached hydrogens (tertiary/aromatic N) is 1. The first-order chi connectivity index (χ1) is 10.2. The van der Waals surface area contributed by atoms with Crippen LogP contribution in [0.5, 0.6) is 5.75 Å². The van der Waals surface area contributed by atoms with Gasteiger partial charge in [-0.2, -0.15) is 0 Å². The lowest BCUT2D eigenvalue weighted by Gasteiger charge is -2.26. The Labute approximate surface area is 125 Å². The molecular formula is C16H23FN2O2. The van der Waals surface area contributed by atoms with E-state index in [2.05, 4.69) is 10.2 Å². The number of halogens is 1. The van der Waals surface area contributed by atoms with Crippen LogP contribution in [0.2, 0.25) is 0 Å². The van der Waals surface area contributed by atoms with Crippen LogP contribution >= 0.6 is 0 Å². The summed E-state index contributed by atoms with van der Waals surface area (Å²) in [6, 6.07) is 4.16. The van der Waals surface area contributed by atoms with Crippen LogP contribution in [0.15, 0.2) is 18.2 Å². The average molecular weight is 294 g/mol. The fourth-order valence-corrected chi connectivity index (χ4v) is 2.39. The minimum Gasteiger partial charge on any atom is -0.493 e. The molecule has 4 nitrogen and oxygen atoms in total. The van der Waals surface area contributed by atoms with Crippen molar-refractivity contribution in [2.45, 2.75) is 19.8 Å². The van der Waals surface area contributed by atoms with Gasteiger partial charge in [0.05, 0.1) is 12.2 Å². The Morgan fingerprint density at radius 3 is 2.86 bits per heavy atom. The second-order valence-electron chi connectivity index (χ2n) is 5.25. The summed E-state index contributed by atoms with van der Waals surface area (Å²) in [5, 5.41) is 3.28. The Morgan fingerprint density at radius 1 is 1.38 bits per heavy atom. The molecule has 0 aliphatic carbocycles. The number of rotatable bonds is 7. The lowest BCUT2D eigenvalue weighted by Crippen LogP contribution is -2.44. The van der Waals surface area contributed by atoms with Gasteiger partial charge in [-0.1, -0.05) is 6.92 Å². The molecule has 0 radical (unpaired) electrons. The summed E-state index contributed by atoms with van der Waals surface area (Å²) in [4.78, 5) is 14.6. The molecule has 1 aromatic rings. The molecule has 0 saturated carbocycles. The molecule has 0 unspecified atom stereocenters. The highest BCUT2D eigenvalue weighted by molar-refractivity contribution is 5.98. The second kappa shape index (κ2) is 8.10. The highest BCUT2D eigenvalue weighted by atomic mass is 19.1. The van der Waals surface area contributed by atoms with Gasteiger partial charge in [-0.05, 0) is 24.6 Å². The molecule has 1 heterocycles. The van der Waals surface area contributed by atoms with Crippen molar-refractivity contribution in [3.8, 4) is 5.75 Å². The largest absolute Gasteiger partial charge is 0.493 e. The maximum atomic E-state index is 13.4. The van der Waals surface area contributed by atoms with E-state index in [0.29, 0.717) is 30.9 Å². The van der Waals surface area contributed by atoms with E-state index in [1.54, 1.807) is 6.07 Å². The third-order valence-corrected chi connectivity index (χ3v) is 3.57. The maximum absolute atomic E-state index is 13.4. The quantitative estimate of drug-likeness (QED) is 0.782. The standard InChI is InChI=1S/C16H23FN2O2/c1-2-11-21-16-4-3-13(17)12-14(16)15(20)5-8-19-9-6-18-7-10-19/h3-4,12,18H,2,5-11H2,1H3. The lowest BCUT2D eigenvalue weighted by molar-refractivity contribution is 0.0956. The van der Waals surface area contributed by atoms with Gasteiger partial charge in [-0.3, -0.25) is 4.79 Å². The van der Waals surface area contributed by atoms with Crippen molar-refractivity contribution >= 4 is 5.78 Å². The molecule has 1 aliphatic rings. The molecule has 0 spiro atoms. The molecule has 1 N–H and O–H groups in total. The maximum Gasteiger partial charge on any atom is 0.167 e. The van der Waals surface area contributed by atoms with Crippen molar-refractivity contribution in [1.29, 1.82) is 0 Å². The molecule has 1 aliphatic heterocycles. The van der Waals surface area contributed by atoms with Crippen LogP contribution in [0.1, 0.15) is 30.1 Å². The van der Waals surface area contributed by atoms with Gasteiger partial charge in [0.25, 0.3) is 0 Å². The topological polar surface area (TPSA) is 41.6 Å². The molecule has 1 saturated heterocycles. The Hall–Kier alpha value is -1.46. The second-order valence-corrected chi connectivity index (χ2v) is 5.25. The molecule has 1 fully saturated rings. The first-order valence-corrected chi connectivity index (χ1v) is 7.59. The number of piperazine rings is 1. The van der Waals surface area contributed by atoms with Crippen LogP contribution in [0, 0.1) is 5.82 Å². The van der Waals surface area contributed by atoms with Crippen LogP contribution in [0.25, 0.3) is 0 Å². The fraction of sp³-hybridized carbons (Fsp3) is 0.562. The minimum absolute atomic E-state index is 0.0564. The predicted octanol–water partition coefficient (Wildman–Crippen LogP) is 2.09. The molecular weight excluding hydrogens is 271 g/mol. The van der Waals surface area contributed by atoms with Gasteiger partial charge in [-0.25, -0.2) is 4.39 Å². The van der Waals surface area contributed by atoms with Gasteiger partial charge in [-0.15, -0.1) is 0 Å². The zero-order valence-electron chi connectivity index (χ0n) is 12.5. The number of carbonyl (C=O) groups excluding carboxylic acids is 1. The van der Waals surface area contributed by atoms with Crippen LogP contribution in [-0.2, 0) is 0 Å². The molecule has 2 rings (SSSR count). The zero-order chi connectivity index (χ0) is 15.1. The van der Waals surface area contributed by atoms with Crippen molar-refractivity contribution in [3.63, 3.8) is 0 Å². The van der Waals surface area contributed by atoms with E-state index in [9.17, 15) is 9.18 Å². The van der Waals surface area contributed by atoms with Gasteiger partial charge in [0.1, 0.15) is 11.6 Å². The SMILES string of the molecule is CCCOc1ccc(F)cc1C(=O)CCN1CCNCC1. The van der Waals surface area contributed by atoms with Crippen molar-refractivity contribution in [2.75, 3.05) is 39.3 Å². The van der Waals surface area contributed by atoms with Crippen LogP contribution in [0.4, 0.5) is 4.39 Å². The number of benzene rings is 1. The minimum atomic E-state index is -0.399. The van der Waals surface area contributed by atoms with Gasteiger partial charge < -0.3 is 15.0 Å². The summed E-state index contributed by atoms with van der Waals surface area (Å²) in [7, 11) is 0. The lowest BCUT2D eigenvalue weighted by atomic mass is 10.1. The first-order valence-electron chi connectivity index (χ1n) is 7.59. The van der Waals surface area contributed by atoms with E-state index >= 15 is 0 Å². The highest BCUT2D eigenvalue weighted by Crippen LogP contribution is 2.22. The van der Waals surface area contributed by atoms with E-state index < -0.39 is 5.82 Å². The number of carbonyl (C=O) groups is 1. The van der Waals surface area contributed by atoms with E-state index in [4.69, 9.17) is 4.74 Å². The summed E-state index contributed by atoms with van der Waals surface area (Å²) >= 11 is 0. The molecule has 1 aromatic carbocycles. The van der Waals surface area contributed by atoms with Gasteiger partial charge in [0.2, 0.25) is 0 Å². The average Bonchev–Trinajstić information content (AvgIpc) is 2.52. The van der Waals surface area contributed by atoms with Crippen molar-refractivity contribution in [3.05, 3.63) is 29.6 Å². The van der Waals surface area contributed by atoms with Crippen LogP contribution in [0.3, 0.4) is 0 Å². The Morgan fingerprint density at radius 2 is 2.14 bits per heavy atom. The normalized spacial score (nSPS) is 15.9. The predicted molar refractivity (Wildman–Crippen MR) is 80.4 cm³/mol. The third kappa shape index (κ3) is 4.79. The van der Waals surface area contributed by atoms with Gasteiger partial charge in [0, 0.05) is 39.1 Å². The molecule has 5 heteroatoms. The van der Waals surface area contributed by atoms with Gasteiger partial charge in [0.15, 0.2) is 5.78 Å². The summed E-state index contributed by atoms with van der Waals surface area (Å²) in [6.07, 6.45) is 1.25. The van der Waals surface area contributed by atoms with Crippen molar-refractivity contribution in [1.82, 2.24) is 10.2 Å². The van der Waals surface area contributed by atoms with Crippen molar-refractivity contribution < 1.29 is 13.9 Å². The molecule has 0 bridgehead atoms. The summed E-state index contributed by atoms with van der Waals surface area (Å²) in [6.45, 7) is 7.06.